The Balaban J connectivity index is 1.69. The van der Waals surface area contributed by atoms with Crippen LogP contribution in [0.5, 0.6) is 0 Å². The molecule has 0 radical (unpaired) electrons. The largest absolute Gasteiger partial charge is 0.444 e. The Bertz CT molecular complexity index is 536. The van der Waals surface area contributed by atoms with Gasteiger partial charge in [0.25, 0.3) is 0 Å². The third kappa shape index (κ3) is 5.71. The first-order valence-corrected chi connectivity index (χ1v) is 8.27. The molecular weight excluding hydrogens is 290 g/mol. The fourth-order valence-corrected chi connectivity index (χ4v) is 2.67. The maximum atomic E-state index is 5.85. The lowest BCUT2D eigenvalue weighted by atomic mass is 9.97. The number of hydrogen-bond donors (Lipinski definition) is 2. The molecule has 1 aliphatic heterocycles. The number of aryl methyl sites for hydroxylation is 2. The van der Waals surface area contributed by atoms with Crippen molar-refractivity contribution in [2.75, 3.05) is 26.2 Å². The van der Waals surface area contributed by atoms with E-state index in [4.69, 9.17) is 10.2 Å². The molecule has 0 atom stereocenters. The molecule has 0 unspecified atom stereocenters. The topological polar surface area (TPSA) is 79.7 Å². The molecule has 23 heavy (non-hydrogen) atoms. The number of nitrogens with two attached hydrogens (primary N) is 1. The van der Waals surface area contributed by atoms with Gasteiger partial charge in [-0.05, 0) is 52.6 Å². The summed E-state index contributed by atoms with van der Waals surface area (Å²) in [6.45, 7) is 14.1. The van der Waals surface area contributed by atoms with Gasteiger partial charge in [0, 0.05) is 6.54 Å². The second kappa shape index (κ2) is 8.15. The van der Waals surface area contributed by atoms with Gasteiger partial charge in [-0.2, -0.15) is 0 Å². The monoisotopic (exact) mass is 319 g/mol. The number of nitrogens with one attached hydrogen (secondary N) is 1. The van der Waals surface area contributed by atoms with E-state index in [-0.39, 0.29) is 0 Å². The van der Waals surface area contributed by atoms with E-state index in [1.54, 1.807) is 0 Å². The molecule has 0 amide bonds. The highest BCUT2D eigenvalue weighted by molar-refractivity contribution is 5.77. The Morgan fingerprint density at radius 3 is 2.70 bits per heavy atom. The Kier molecular flexibility index (Phi) is 6.21. The fraction of sp³-hybridized carbons (Fsp3) is 0.647. The van der Waals surface area contributed by atoms with E-state index in [0.29, 0.717) is 18.4 Å². The molecule has 1 fully saturated rings. The SMILES string of the molecule is C=C(C)CN=C(N)NCC1CCN(Cc2nc(C)c(C)o2)CC1. The number of rotatable bonds is 6. The zero-order chi connectivity index (χ0) is 16.8. The number of piperidine rings is 1. The van der Waals surface area contributed by atoms with Gasteiger partial charge in [0.15, 0.2) is 5.96 Å². The first kappa shape index (κ1) is 17.5. The van der Waals surface area contributed by atoms with Crippen LogP contribution in [-0.2, 0) is 6.54 Å². The normalized spacial score (nSPS) is 17.4. The lowest BCUT2D eigenvalue weighted by Crippen LogP contribution is -2.40. The summed E-state index contributed by atoms with van der Waals surface area (Å²) >= 11 is 0. The van der Waals surface area contributed by atoms with Crippen LogP contribution in [0, 0.1) is 19.8 Å². The van der Waals surface area contributed by atoms with Gasteiger partial charge in [-0.3, -0.25) is 4.90 Å². The maximum absolute atomic E-state index is 5.85. The first-order valence-electron chi connectivity index (χ1n) is 8.27. The van der Waals surface area contributed by atoms with Gasteiger partial charge >= 0.3 is 0 Å². The van der Waals surface area contributed by atoms with Crippen molar-refractivity contribution < 1.29 is 4.42 Å². The van der Waals surface area contributed by atoms with Gasteiger partial charge in [-0.1, -0.05) is 12.2 Å². The molecule has 2 rings (SSSR count). The molecule has 0 saturated carbocycles. The van der Waals surface area contributed by atoms with Crippen LogP contribution in [0.2, 0.25) is 0 Å². The first-order chi connectivity index (χ1) is 10.9. The van der Waals surface area contributed by atoms with Gasteiger partial charge in [0.05, 0.1) is 18.8 Å². The van der Waals surface area contributed by atoms with Crippen LogP contribution in [0.25, 0.3) is 0 Å². The lowest BCUT2D eigenvalue weighted by Gasteiger charge is -2.31. The van der Waals surface area contributed by atoms with E-state index in [0.717, 1.165) is 61.9 Å². The molecule has 1 aromatic rings. The van der Waals surface area contributed by atoms with Crippen LogP contribution < -0.4 is 11.1 Å². The summed E-state index contributed by atoms with van der Waals surface area (Å²) in [5.74, 6) is 2.90. The van der Waals surface area contributed by atoms with Crippen LogP contribution >= 0.6 is 0 Å². The van der Waals surface area contributed by atoms with Crippen LogP contribution in [0.4, 0.5) is 0 Å². The van der Waals surface area contributed by atoms with Crippen LogP contribution in [-0.4, -0.2) is 42.0 Å². The van der Waals surface area contributed by atoms with E-state index in [1.807, 2.05) is 20.8 Å². The molecule has 3 N–H and O–H groups in total. The molecule has 0 spiro atoms. The summed E-state index contributed by atoms with van der Waals surface area (Å²) in [4.78, 5) is 11.1. The van der Waals surface area contributed by atoms with Crippen LogP contribution in [0.1, 0.15) is 37.1 Å². The van der Waals surface area contributed by atoms with Gasteiger partial charge in [0.2, 0.25) is 5.89 Å². The van der Waals surface area contributed by atoms with Crippen molar-refractivity contribution in [3.63, 3.8) is 0 Å². The molecule has 6 heteroatoms. The smallest absolute Gasteiger partial charge is 0.208 e. The van der Waals surface area contributed by atoms with Crippen molar-refractivity contribution in [1.29, 1.82) is 0 Å². The van der Waals surface area contributed by atoms with E-state index in [9.17, 15) is 0 Å². The maximum Gasteiger partial charge on any atom is 0.208 e. The Labute approximate surface area is 138 Å². The number of aliphatic imine (C=N–C) groups is 1. The van der Waals surface area contributed by atoms with E-state index in [2.05, 4.69) is 26.8 Å². The average Bonchev–Trinajstić information content (AvgIpc) is 2.82. The molecular formula is C17H29N5O. The van der Waals surface area contributed by atoms with E-state index >= 15 is 0 Å². The molecule has 1 aliphatic rings. The van der Waals surface area contributed by atoms with E-state index in [1.165, 1.54) is 0 Å². The lowest BCUT2D eigenvalue weighted by molar-refractivity contribution is 0.164. The summed E-state index contributed by atoms with van der Waals surface area (Å²) in [5, 5.41) is 3.22. The standard InChI is InChI=1S/C17H29N5O/c1-12(2)9-19-17(18)20-10-15-5-7-22(8-6-15)11-16-21-13(3)14(4)23-16/h15H,1,5-11H2,2-4H3,(H3,18,19,20). The van der Waals surface area contributed by atoms with Crippen molar-refractivity contribution in [3.05, 3.63) is 29.5 Å². The highest BCUT2D eigenvalue weighted by Gasteiger charge is 2.20. The molecule has 1 aromatic heterocycles. The van der Waals surface area contributed by atoms with Gasteiger partial charge in [-0.25, -0.2) is 9.98 Å². The molecule has 128 valence electrons. The fourth-order valence-electron chi connectivity index (χ4n) is 2.67. The summed E-state index contributed by atoms with van der Waals surface area (Å²) < 4.78 is 5.66. The second-order valence-corrected chi connectivity index (χ2v) is 6.51. The Hall–Kier alpha value is -1.82. The van der Waals surface area contributed by atoms with Crippen molar-refractivity contribution >= 4 is 5.96 Å². The molecule has 6 nitrogen and oxygen atoms in total. The molecule has 0 aliphatic carbocycles. The zero-order valence-corrected chi connectivity index (χ0v) is 14.6. The highest BCUT2D eigenvalue weighted by atomic mass is 16.4. The third-order valence-corrected chi connectivity index (χ3v) is 4.23. The molecule has 0 bridgehead atoms. The quantitative estimate of drug-likeness (QED) is 0.476. The second-order valence-electron chi connectivity index (χ2n) is 6.51. The number of nitrogens with zero attached hydrogens (tertiary/aromatic N) is 3. The number of oxazole rings is 1. The van der Waals surface area contributed by atoms with Gasteiger partial charge < -0.3 is 15.5 Å². The number of aromatic nitrogens is 1. The third-order valence-electron chi connectivity index (χ3n) is 4.23. The molecule has 2 heterocycles. The van der Waals surface area contributed by atoms with E-state index < -0.39 is 0 Å². The Morgan fingerprint density at radius 1 is 1.43 bits per heavy atom. The van der Waals surface area contributed by atoms with Crippen molar-refractivity contribution in [2.24, 2.45) is 16.6 Å². The minimum atomic E-state index is 0.515. The van der Waals surface area contributed by atoms with Gasteiger partial charge in [-0.15, -0.1) is 0 Å². The highest BCUT2D eigenvalue weighted by Crippen LogP contribution is 2.19. The summed E-state index contributed by atoms with van der Waals surface area (Å²) in [5.41, 5.74) is 7.86. The zero-order valence-electron chi connectivity index (χ0n) is 14.6. The molecule has 0 aromatic carbocycles. The predicted octanol–water partition coefficient (Wildman–Crippen LogP) is 1.98. The minimum absolute atomic E-state index is 0.515. The van der Waals surface area contributed by atoms with Crippen LogP contribution in [0.3, 0.4) is 0 Å². The van der Waals surface area contributed by atoms with Crippen molar-refractivity contribution in [3.8, 4) is 0 Å². The van der Waals surface area contributed by atoms with Crippen molar-refractivity contribution in [2.45, 2.75) is 40.2 Å². The predicted molar refractivity (Wildman–Crippen MR) is 93.3 cm³/mol. The number of guanidine groups is 1. The summed E-state index contributed by atoms with van der Waals surface area (Å²) in [6, 6.07) is 0. The molecule has 1 saturated heterocycles. The summed E-state index contributed by atoms with van der Waals surface area (Å²) in [6.07, 6.45) is 2.30. The van der Waals surface area contributed by atoms with Gasteiger partial charge in [0.1, 0.15) is 5.76 Å². The average molecular weight is 319 g/mol. The minimum Gasteiger partial charge on any atom is -0.444 e. The van der Waals surface area contributed by atoms with Crippen molar-refractivity contribution in [1.82, 2.24) is 15.2 Å². The Morgan fingerprint density at radius 2 is 2.13 bits per heavy atom. The number of hydrogen-bond acceptors (Lipinski definition) is 4. The summed E-state index contributed by atoms with van der Waals surface area (Å²) in [7, 11) is 0. The number of likely N-dealkylation sites (tertiary alicyclic amines) is 1. The van der Waals surface area contributed by atoms with Crippen LogP contribution in [0.15, 0.2) is 21.6 Å².